The predicted octanol–water partition coefficient (Wildman–Crippen LogP) is 1.88. The van der Waals surface area contributed by atoms with E-state index in [1.165, 1.54) is 17.7 Å². The molecule has 21 heavy (non-hydrogen) atoms. The van der Waals surface area contributed by atoms with Crippen molar-refractivity contribution in [3.05, 3.63) is 0 Å². The Kier molecular flexibility index (Phi) is 3.95. The molecular formula is C16H27N3O2. The van der Waals surface area contributed by atoms with Gasteiger partial charge in [0, 0.05) is 12.6 Å². The summed E-state index contributed by atoms with van der Waals surface area (Å²) in [7, 11) is 0. The molecule has 0 aromatic heterocycles. The Labute approximate surface area is 126 Å². The molecule has 0 aromatic rings. The molecule has 0 radical (unpaired) electrons. The number of nitrogens with one attached hydrogen (secondary N) is 2. The van der Waals surface area contributed by atoms with Crippen LogP contribution in [0.1, 0.15) is 52.4 Å². The molecule has 3 amide bonds. The SMILES string of the molecule is CC1CCCC(C)C12NC(=O)N(CCCNC1CC1)C2=O. The molecule has 5 heteroatoms. The van der Waals surface area contributed by atoms with Crippen molar-refractivity contribution in [1.29, 1.82) is 0 Å². The fourth-order valence-electron chi connectivity index (χ4n) is 3.99. The van der Waals surface area contributed by atoms with Crippen molar-refractivity contribution in [2.45, 2.75) is 64.0 Å². The Morgan fingerprint density at radius 3 is 2.48 bits per heavy atom. The largest absolute Gasteiger partial charge is 0.325 e. The first-order valence-corrected chi connectivity index (χ1v) is 8.43. The Hall–Kier alpha value is -1.10. The number of amides is 3. The van der Waals surface area contributed by atoms with Gasteiger partial charge in [0.05, 0.1) is 0 Å². The van der Waals surface area contributed by atoms with Crippen LogP contribution in [-0.2, 0) is 4.79 Å². The number of carbonyl (C=O) groups is 2. The lowest BCUT2D eigenvalue weighted by molar-refractivity contribution is -0.136. The smallest absolute Gasteiger partial charge is 0.323 e. The molecule has 3 rings (SSSR count). The summed E-state index contributed by atoms with van der Waals surface area (Å²) < 4.78 is 0. The minimum Gasteiger partial charge on any atom is -0.323 e. The molecule has 1 heterocycles. The number of imide groups is 1. The minimum atomic E-state index is -0.640. The van der Waals surface area contributed by atoms with E-state index in [4.69, 9.17) is 0 Å². The fraction of sp³-hybridized carbons (Fsp3) is 0.875. The maximum Gasteiger partial charge on any atom is 0.325 e. The molecule has 2 saturated carbocycles. The highest BCUT2D eigenvalue weighted by atomic mass is 16.2. The van der Waals surface area contributed by atoms with E-state index in [0.717, 1.165) is 32.2 Å². The standard InChI is InChI=1S/C16H27N3O2/c1-11-5-3-6-12(2)16(11)14(20)19(15(21)18-16)10-4-9-17-13-7-8-13/h11-13,17H,3-10H2,1-2H3,(H,18,21). The quantitative estimate of drug-likeness (QED) is 0.601. The number of hydrogen-bond acceptors (Lipinski definition) is 3. The molecule has 0 bridgehead atoms. The molecule has 2 N–H and O–H groups in total. The maximum atomic E-state index is 12.9. The molecule has 118 valence electrons. The normalized spacial score (nSPS) is 36.4. The summed E-state index contributed by atoms with van der Waals surface area (Å²) in [6, 6.07) is 0.491. The van der Waals surface area contributed by atoms with Crippen LogP contribution in [0.25, 0.3) is 0 Å². The average molecular weight is 293 g/mol. The zero-order chi connectivity index (χ0) is 15.0. The van der Waals surface area contributed by atoms with Gasteiger partial charge in [0.15, 0.2) is 0 Å². The van der Waals surface area contributed by atoms with Crippen LogP contribution in [0.3, 0.4) is 0 Å². The van der Waals surface area contributed by atoms with Gasteiger partial charge in [-0.05, 0) is 50.5 Å². The van der Waals surface area contributed by atoms with Gasteiger partial charge < -0.3 is 10.6 Å². The summed E-state index contributed by atoms with van der Waals surface area (Å²) in [5.41, 5.74) is -0.640. The van der Waals surface area contributed by atoms with Crippen molar-refractivity contribution < 1.29 is 9.59 Å². The van der Waals surface area contributed by atoms with Gasteiger partial charge in [0.2, 0.25) is 0 Å². The van der Waals surface area contributed by atoms with Crippen LogP contribution in [0.4, 0.5) is 4.79 Å². The molecule has 1 spiro atoms. The molecule has 0 aromatic carbocycles. The van der Waals surface area contributed by atoms with Gasteiger partial charge in [0.25, 0.3) is 5.91 Å². The highest BCUT2D eigenvalue weighted by Gasteiger charge is 2.58. The highest BCUT2D eigenvalue weighted by Crippen LogP contribution is 2.42. The summed E-state index contributed by atoms with van der Waals surface area (Å²) >= 11 is 0. The van der Waals surface area contributed by atoms with E-state index < -0.39 is 5.54 Å². The van der Waals surface area contributed by atoms with Crippen molar-refractivity contribution in [2.24, 2.45) is 11.8 Å². The molecule has 3 fully saturated rings. The number of rotatable bonds is 5. The summed E-state index contributed by atoms with van der Waals surface area (Å²) in [6.45, 7) is 5.63. The maximum absolute atomic E-state index is 12.9. The van der Waals surface area contributed by atoms with Gasteiger partial charge in [-0.2, -0.15) is 0 Å². The van der Waals surface area contributed by atoms with Crippen LogP contribution >= 0.6 is 0 Å². The summed E-state index contributed by atoms with van der Waals surface area (Å²) in [5, 5.41) is 6.48. The van der Waals surface area contributed by atoms with E-state index in [1.54, 1.807) is 0 Å². The van der Waals surface area contributed by atoms with Crippen molar-refractivity contribution in [2.75, 3.05) is 13.1 Å². The number of hydrogen-bond donors (Lipinski definition) is 2. The Morgan fingerprint density at radius 2 is 1.86 bits per heavy atom. The molecule has 2 atom stereocenters. The third-order valence-electron chi connectivity index (χ3n) is 5.56. The minimum absolute atomic E-state index is 0.0126. The zero-order valence-corrected chi connectivity index (χ0v) is 13.2. The van der Waals surface area contributed by atoms with Gasteiger partial charge >= 0.3 is 6.03 Å². The summed E-state index contributed by atoms with van der Waals surface area (Å²) in [5.74, 6) is 0.471. The lowest BCUT2D eigenvalue weighted by Gasteiger charge is -2.42. The van der Waals surface area contributed by atoms with Crippen molar-refractivity contribution >= 4 is 11.9 Å². The van der Waals surface area contributed by atoms with Crippen molar-refractivity contribution in [3.8, 4) is 0 Å². The van der Waals surface area contributed by atoms with Gasteiger partial charge in [-0.3, -0.25) is 9.69 Å². The average Bonchev–Trinajstić information content (AvgIpc) is 3.22. The van der Waals surface area contributed by atoms with Crippen LogP contribution in [0.5, 0.6) is 0 Å². The molecular weight excluding hydrogens is 266 g/mol. The van der Waals surface area contributed by atoms with E-state index in [1.807, 2.05) is 0 Å². The number of urea groups is 1. The monoisotopic (exact) mass is 293 g/mol. The van der Waals surface area contributed by atoms with Gasteiger partial charge in [-0.15, -0.1) is 0 Å². The predicted molar refractivity (Wildman–Crippen MR) is 80.8 cm³/mol. The second-order valence-corrected chi connectivity index (χ2v) is 7.07. The number of carbonyl (C=O) groups excluding carboxylic acids is 2. The van der Waals surface area contributed by atoms with E-state index in [0.29, 0.717) is 12.6 Å². The first-order chi connectivity index (χ1) is 10.1. The van der Waals surface area contributed by atoms with Gasteiger partial charge in [0.1, 0.15) is 5.54 Å². The lowest BCUT2D eigenvalue weighted by atomic mass is 9.67. The first-order valence-electron chi connectivity index (χ1n) is 8.43. The van der Waals surface area contributed by atoms with Crippen LogP contribution in [-0.4, -0.2) is 41.5 Å². The van der Waals surface area contributed by atoms with E-state index in [9.17, 15) is 9.59 Å². The van der Waals surface area contributed by atoms with Crippen LogP contribution in [0.2, 0.25) is 0 Å². The van der Waals surface area contributed by atoms with Crippen molar-refractivity contribution in [1.82, 2.24) is 15.5 Å². The van der Waals surface area contributed by atoms with E-state index in [-0.39, 0.29) is 23.8 Å². The molecule has 3 aliphatic rings. The molecule has 2 unspecified atom stereocenters. The zero-order valence-electron chi connectivity index (χ0n) is 13.2. The number of nitrogens with zero attached hydrogens (tertiary/aromatic N) is 1. The van der Waals surface area contributed by atoms with Crippen LogP contribution in [0.15, 0.2) is 0 Å². The third-order valence-corrected chi connectivity index (χ3v) is 5.56. The fourth-order valence-corrected chi connectivity index (χ4v) is 3.99. The lowest BCUT2D eigenvalue weighted by Crippen LogP contribution is -2.58. The Morgan fingerprint density at radius 1 is 1.19 bits per heavy atom. The first kappa shape index (κ1) is 14.8. The summed E-state index contributed by atoms with van der Waals surface area (Å²) in [6.07, 6.45) is 6.57. The second-order valence-electron chi connectivity index (χ2n) is 7.07. The van der Waals surface area contributed by atoms with Crippen LogP contribution in [0, 0.1) is 11.8 Å². The highest BCUT2D eigenvalue weighted by molar-refractivity contribution is 6.07. The van der Waals surface area contributed by atoms with Crippen LogP contribution < -0.4 is 10.6 Å². The topological polar surface area (TPSA) is 61.4 Å². The molecule has 2 aliphatic carbocycles. The van der Waals surface area contributed by atoms with Gasteiger partial charge in [-0.25, -0.2) is 4.79 Å². The Balaban J connectivity index is 1.63. The molecule has 1 saturated heterocycles. The second kappa shape index (κ2) is 5.59. The van der Waals surface area contributed by atoms with Gasteiger partial charge in [-0.1, -0.05) is 20.3 Å². The Bertz CT molecular complexity index is 423. The van der Waals surface area contributed by atoms with Crippen molar-refractivity contribution in [3.63, 3.8) is 0 Å². The van der Waals surface area contributed by atoms with E-state index >= 15 is 0 Å². The molecule has 5 nitrogen and oxygen atoms in total. The van der Waals surface area contributed by atoms with E-state index in [2.05, 4.69) is 24.5 Å². The summed E-state index contributed by atoms with van der Waals surface area (Å²) in [4.78, 5) is 26.6. The third kappa shape index (κ3) is 2.56. The molecule has 1 aliphatic heterocycles.